The molecule has 8 aromatic rings. The van der Waals surface area contributed by atoms with Crippen LogP contribution in [0, 0.1) is 0 Å². The summed E-state index contributed by atoms with van der Waals surface area (Å²) >= 11 is 0. The second-order valence-corrected chi connectivity index (χ2v) is 18.0. The maximum Gasteiger partial charge on any atom is 0.253 e. The Morgan fingerprint density at radius 3 is 1.97 bits per heavy atom. The van der Waals surface area contributed by atoms with Gasteiger partial charge in [-0.15, -0.1) is 0 Å². The largest absolute Gasteiger partial charge is 0.378 e. The van der Waals surface area contributed by atoms with Crippen LogP contribution in [0.4, 0.5) is 5.82 Å². The van der Waals surface area contributed by atoms with Gasteiger partial charge in [-0.3, -0.25) is 19.7 Å². The first-order valence-corrected chi connectivity index (χ1v) is 22.3. The maximum absolute atomic E-state index is 13.0. The van der Waals surface area contributed by atoms with Gasteiger partial charge in [0.15, 0.2) is 5.65 Å². The number of hydrogen-bond acceptors (Lipinski definition) is 12. The molecule has 9 rings (SSSR count). The maximum atomic E-state index is 13.0. The van der Waals surface area contributed by atoms with Crippen LogP contribution in [-0.2, 0) is 37.5 Å². The van der Waals surface area contributed by atoms with Gasteiger partial charge in [0.1, 0.15) is 5.82 Å². The Kier molecular flexibility index (Phi) is 12.1. The Labute approximate surface area is 356 Å². The van der Waals surface area contributed by atoms with E-state index in [9.17, 15) is 26.4 Å². The molecule has 3 aromatic carbocycles. The number of ether oxygens (including phenoxy) is 1. The average Bonchev–Trinajstić information content (AvgIpc) is 3.99. The average molecular weight is 870 g/mol. The van der Waals surface area contributed by atoms with E-state index in [-0.39, 0.29) is 37.9 Å². The number of benzene rings is 3. The lowest BCUT2D eigenvalue weighted by molar-refractivity contribution is 0.0943. The van der Waals surface area contributed by atoms with Crippen molar-refractivity contribution in [3.63, 3.8) is 0 Å². The number of sulfone groups is 2. The van der Waals surface area contributed by atoms with Crippen molar-refractivity contribution in [3.05, 3.63) is 163 Å². The van der Waals surface area contributed by atoms with Crippen molar-refractivity contribution < 1.29 is 31.2 Å². The van der Waals surface area contributed by atoms with E-state index in [0.29, 0.717) is 36.5 Å². The number of rotatable bonds is 11. The van der Waals surface area contributed by atoms with Gasteiger partial charge in [0.2, 0.25) is 19.7 Å². The first kappa shape index (κ1) is 41.5. The molecule has 5 aromatic heterocycles. The molecule has 18 heteroatoms. The molecule has 0 saturated carbocycles. The van der Waals surface area contributed by atoms with E-state index >= 15 is 0 Å². The number of H-pyrrole nitrogens is 2. The smallest absolute Gasteiger partial charge is 0.253 e. The van der Waals surface area contributed by atoms with Gasteiger partial charge in [-0.25, -0.2) is 26.8 Å². The van der Waals surface area contributed by atoms with E-state index in [2.05, 4.69) is 45.7 Å². The highest BCUT2D eigenvalue weighted by molar-refractivity contribution is 7.91. The van der Waals surface area contributed by atoms with Crippen molar-refractivity contribution in [2.45, 2.75) is 32.7 Å². The predicted octanol–water partition coefficient (Wildman–Crippen LogP) is 5.28. The highest BCUT2D eigenvalue weighted by Gasteiger charge is 2.21. The van der Waals surface area contributed by atoms with E-state index in [1.54, 1.807) is 116 Å². The molecule has 1 aliphatic rings. The first-order valence-electron chi connectivity index (χ1n) is 19.3. The molecular weight excluding hydrogens is 831 g/mol. The minimum atomic E-state index is -3.70. The Bertz CT molecular complexity index is 3060. The number of carbonyl (C=O) groups excluding carboxylic acids is 2. The summed E-state index contributed by atoms with van der Waals surface area (Å²) in [5, 5.41) is 13.8. The number of hydrogen-bond donors (Lipinski definition) is 4. The molecule has 1 fully saturated rings. The minimum absolute atomic E-state index is 0.132. The fraction of sp³-hybridized carbons (Fsp3) is 0.136. The zero-order valence-electron chi connectivity index (χ0n) is 32.9. The lowest BCUT2D eigenvalue weighted by atomic mass is 10.2. The van der Waals surface area contributed by atoms with Gasteiger partial charge in [0, 0.05) is 61.7 Å². The Hall–Kier alpha value is -7.28. The highest BCUT2D eigenvalue weighted by Crippen LogP contribution is 2.24. The van der Waals surface area contributed by atoms with Crippen molar-refractivity contribution in [1.29, 1.82) is 0 Å². The number of nitrogens with zero attached hydrogens (tertiary/aromatic N) is 5. The van der Waals surface area contributed by atoms with Gasteiger partial charge < -0.3 is 25.3 Å². The lowest BCUT2D eigenvalue weighted by Gasteiger charge is -2.27. The highest BCUT2D eigenvalue weighted by atomic mass is 32.2. The molecule has 2 amide bonds. The third kappa shape index (κ3) is 9.21. The summed E-state index contributed by atoms with van der Waals surface area (Å²) in [4.78, 5) is 43.3. The van der Waals surface area contributed by atoms with Gasteiger partial charge >= 0.3 is 0 Å². The summed E-state index contributed by atoms with van der Waals surface area (Å²) in [7, 11) is -7.25. The molecular formula is C44H39N9O7S2. The quantitative estimate of drug-likeness (QED) is 0.130. The summed E-state index contributed by atoms with van der Waals surface area (Å²) in [6, 6.07) is 28.0. The van der Waals surface area contributed by atoms with Gasteiger partial charge in [-0.2, -0.15) is 5.10 Å². The predicted molar refractivity (Wildman–Crippen MR) is 230 cm³/mol. The van der Waals surface area contributed by atoms with Crippen molar-refractivity contribution in [3.8, 4) is 0 Å². The number of amides is 2. The summed E-state index contributed by atoms with van der Waals surface area (Å²) in [6.45, 7) is 3.26. The number of aromatic nitrogens is 6. The fourth-order valence-electron chi connectivity index (χ4n) is 6.64. The monoisotopic (exact) mass is 869 g/mol. The molecule has 0 aliphatic carbocycles. The number of fused-ring (bicyclic) bond motifs is 2. The number of carbonyl (C=O) groups is 2. The number of aromatic amines is 2. The Balaban J connectivity index is 0.000000174. The molecule has 1 aliphatic heterocycles. The fourth-order valence-corrected chi connectivity index (χ4v) is 9.13. The van der Waals surface area contributed by atoms with Crippen LogP contribution in [0.5, 0.6) is 0 Å². The number of anilines is 1. The molecule has 1 saturated heterocycles. The number of pyridine rings is 3. The van der Waals surface area contributed by atoms with Crippen LogP contribution in [-0.4, -0.2) is 85.1 Å². The summed E-state index contributed by atoms with van der Waals surface area (Å²) in [5.41, 5.74) is 3.94. The Morgan fingerprint density at radius 1 is 0.677 bits per heavy atom. The van der Waals surface area contributed by atoms with Gasteiger partial charge in [-0.05, 0) is 71.8 Å². The molecule has 314 valence electrons. The van der Waals surface area contributed by atoms with Crippen LogP contribution in [0.3, 0.4) is 0 Å². The normalized spacial score (nSPS) is 13.0. The van der Waals surface area contributed by atoms with Crippen molar-refractivity contribution in [2.24, 2.45) is 0 Å². The number of nitrogens with one attached hydrogen (secondary N) is 4. The third-order valence-electron chi connectivity index (χ3n) is 10.1. The molecule has 16 nitrogen and oxygen atoms in total. The van der Waals surface area contributed by atoms with Gasteiger partial charge in [0.25, 0.3) is 11.8 Å². The molecule has 0 bridgehead atoms. The van der Waals surface area contributed by atoms with E-state index in [0.717, 1.165) is 46.3 Å². The molecule has 0 unspecified atom stereocenters. The van der Waals surface area contributed by atoms with Crippen LogP contribution in [0.1, 0.15) is 31.8 Å². The van der Waals surface area contributed by atoms with Crippen LogP contribution < -0.4 is 15.5 Å². The first-order chi connectivity index (χ1) is 30.1. The lowest BCUT2D eigenvalue weighted by Crippen LogP contribution is -2.36. The molecule has 0 radical (unpaired) electrons. The van der Waals surface area contributed by atoms with Crippen molar-refractivity contribution in [2.75, 3.05) is 31.2 Å². The van der Waals surface area contributed by atoms with E-state index < -0.39 is 19.7 Å². The standard InChI is InChI=1S/C23H22N6O4S.C21H17N3O3S/c30-23(18-11-17-14-27-28-22(17)25-13-18)26-12-16-1-3-19(4-2-16)34(31,32)20-5-6-21(24-15-20)29-7-9-33-10-8-29;25-21(19-13-23-20-14-22-11-10-18(19)20)24-12-15-6-8-17(9-7-15)28(26,27)16-4-2-1-3-5-16/h1-6,11,13-15H,7-10,12H2,(H,26,30)(H,25,27,28);1-11,13-14,23H,12H2,(H,24,25). The van der Waals surface area contributed by atoms with Crippen LogP contribution in [0.2, 0.25) is 0 Å². The van der Waals surface area contributed by atoms with Gasteiger partial charge in [-0.1, -0.05) is 42.5 Å². The molecule has 0 atom stereocenters. The van der Waals surface area contributed by atoms with E-state index in [4.69, 9.17) is 4.74 Å². The summed E-state index contributed by atoms with van der Waals surface area (Å²) in [6.07, 6.45) is 9.42. The summed E-state index contributed by atoms with van der Waals surface area (Å²) in [5.74, 6) is 0.243. The SMILES string of the molecule is O=C(NCc1ccc(S(=O)(=O)c2ccc(N3CCOCC3)nc2)cc1)c1cnc2[nH]ncc2c1.O=C(NCc1ccc(S(=O)(=O)c2ccccc2)cc1)c1c[nH]c2cnccc12. The zero-order valence-corrected chi connectivity index (χ0v) is 34.6. The Morgan fingerprint density at radius 2 is 1.31 bits per heavy atom. The minimum Gasteiger partial charge on any atom is -0.378 e. The van der Waals surface area contributed by atoms with Crippen LogP contribution in [0.15, 0.2) is 160 Å². The third-order valence-corrected chi connectivity index (χ3v) is 13.6. The van der Waals surface area contributed by atoms with E-state index in [1.165, 1.54) is 24.5 Å². The topological polar surface area (TPSA) is 222 Å². The van der Waals surface area contributed by atoms with E-state index in [1.807, 2.05) is 0 Å². The molecule has 6 heterocycles. The van der Waals surface area contributed by atoms with Crippen LogP contribution >= 0.6 is 0 Å². The molecule has 0 spiro atoms. The number of morpholine rings is 1. The molecule has 4 N–H and O–H groups in total. The summed E-state index contributed by atoms with van der Waals surface area (Å²) < 4.78 is 56.6. The second kappa shape index (κ2) is 18.1. The second-order valence-electron chi connectivity index (χ2n) is 14.1. The van der Waals surface area contributed by atoms with Gasteiger partial charge in [0.05, 0.1) is 61.8 Å². The van der Waals surface area contributed by atoms with Crippen molar-refractivity contribution >= 4 is 59.2 Å². The molecule has 62 heavy (non-hydrogen) atoms. The zero-order chi connectivity index (χ0) is 43.1. The van der Waals surface area contributed by atoms with Crippen LogP contribution in [0.25, 0.3) is 21.9 Å². The van der Waals surface area contributed by atoms with Crippen molar-refractivity contribution in [1.82, 2.24) is 40.8 Å².